The Kier molecular flexibility index (Phi) is 5.63. The molecule has 122 valence electrons. The van der Waals surface area contributed by atoms with E-state index < -0.39 is 10.0 Å². The van der Waals surface area contributed by atoms with Gasteiger partial charge >= 0.3 is 0 Å². The number of hydrogen-bond donors (Lipinski definition) is 1. The molecule has 0 fully saturated rings. The average molecular weight is 315 g/mol. The third kappa shape index (κ3) is 4.56. The Balaban J connectivity index is 3.17. The van der Waals surface area contributed by atoms with Gasteiger partial charge in [-0.1, -0.05) is 20.8 Å². The van der Waals surface area contributed by atoms with Crippen molar-refractivity contribution in [3.63, 3.8) is 0 Å². The summed E-state index contributed by atoms with van der Waals surface area (Å²) < 4.78 is 28.8. The summed E-state index contributed by atoms with van der Waals surface area (Å²) in [4.78, 5) is 0.369. The summed E-state index contributed by atoms with van der Waals surface area (Å²) >= 11 is 0. The maximum atomic E-state index is 12.7. The lowest BCUT2D eigenvalue weighted by Gasteiger charge is -2.25. The predicted octanol–water partition coefficient (Wildman–Crippen LogP) is 2.46. The summed E-state index contributed by atoms with van der Waals surface area (Å²) in [6.07, 6.45) is 1.74. The van der Waals surface area contributed by atoms with Gasteiger partial charge in [-0.3, -0.25) is 0 Å². The zero-order valence-electron chi connectivity index (χ0n) is 14.3. The van der Waals surface area contributed by atoms with Crippen molar-refractivity contribution < 1.29 is 8.42 Å². The first kappa shape index (κ1) is 18.2. The number of rotatable bonds is 6. The second-order valence-electron chi connectivity index (χ2n) is 7.02. The topological polar surface area (TPSA) is 54.3 Å². The first-order valence-electron chi connectivity index (χ1n) is 7.30. The number of nitrogens with zero attached hydrogens (tertiary/aromatic N) is 2. The highest BCUT2D eigenvalue weighted by atomic mass is 32.2. The van der Waals surface area contributed by atoms with Crippen molar-refractivity contribution in [2.75, 3.05) is 20.6 Å². The minimum atomic E-state index is -3.44. The lowest BCUT2D eigenvalue weighted by Crippen LogP contribution is -2.34. The summed E-state index contributed by atoms with van der Waals surface area (Å²) in [6.45, 7) is 11.3. The molecule has 6 heteroatoms. The second kappa shape index (κ2) is 6.50. The van der Waals surface area contributed by atoms with Gasteiger partial charge in [0.15, 0.2) is 0 Å². The van der Waals surface area contributed by atoms with E-state index in [-0.39, 0.29) is 11.5 Å². The molecule has 0 aliphatic heterocycles. The van der Waals surface area contributed by atoms with E-state index in [1.807, 2.05) is 32.4 Å². The summed E-state index contributed by atoms with van der Waals surface area (Å²) in [5.41, 5.74) is 0.909. The third-order valence-corrected chi connectivity index (χ3v) is 4.99. The van der Waals surface area contributed by atoms with Crippen molar-refractivity contribution in [2.24, 2.45) is 5.41 Å². The van der Waals surface area contributed by atoms with Crippen LogP contribution in [-0.2, 0) is 16.6 Å². The van der Waals surface area contributed by atoms with Gasteiger partial charge in [0.2, 0.25) is 10.0 Å². The molecule has 0 radical (unpaired) electrons. The molecule has 1 N–H and O–H groups in total. The highest BCUT2D eigenvalue weighted by Gasteiger charge is 2.27. The molecule has 0 bridgehead atoms. The molecular formula is C15H29N3O2S. The average Bonchev–Trinajstić information content (AvgIpc) is 2.72. The van der Waals surface area contributed by atoms with Crippen molar-refractivity contribution >= 4 is 10.0 Å². The van der Waals surface area contributed by atoms with Crippen molar-refractivity contribution in [2.45, 2.75) is 52.1 Å². The lowest BCUT2D eigenvalue weighted by molar-refractivity contribution is 0.311. The summed E-state index contributed by atoms with van der Waals surface area (Å²) in [7, 11) is 0.0616. The largest absolute Gasteiger partial charge is 0.346 e. The second-order valence-corrected chi connectivity index (χ2v) is 9.07. The Hall–Kier alpha value is -0.850. The first-order valence-corrected chi connectivity index (χ1v) is 8.74. The first-order chi connectivity index (χ1) is 9.49. The number of hydrogen-bond acceptors (Lipinski definition) is 3. The van der Waals surface area contributed by atoms with Gasteiger partial charge in [0, 0.05) is 38.1 Å². The van der Waals surface area contributed by atoms with Crippen LogP contribution in [0.15, 0.2) is 17.2 Å². The zero-order chi connectivity index (χ0) is 16.4. The van der Waals surface area contributed by atoms with Gasteiger partial charge in [0.1, 0.15) is 4.90 Å². The van der Waals surface area contributed by atoms with E-state index >= 15 is 0 Å². The quantitative estimate of drug-likeness (QED) is 0.877. The van der Waals surface area contributed by atoms with Crippen LogP contribution in [0.4, 0.5) is 0 Å². The van der Waals surface area contributed by atoms with Gasteiger partial charge in [0.05, 0.1) is 0 Å². The lowest BCUT2D eigenvalue weighted by atomic mass is 9.97. The molecular weight excluding hydrogens is 286 g/mol. The van der Waals surface area contributed by atoms with Crippen LogP contribution in [0.2, 0.25) is 0 Å². The molecule has 1 aromatic rings. The molecule has 0 amide bonds. The molecule has 21 heavy (non-hydrogen) atoms. The van der Waals surface area contributed by atoms with Crippen molar-refractivity contribution in [1.29, 1.82) is 0 Å². The minimum absolute atomic E-state index is 0.0732. The summed E-state index contributed by atoms with van der Waals surface area (Å²) in [6, 6.07) is 2.00. The van der Waals surface area contributed by atoms with Crippen molar-refractivity contribution in [1.82, 2.24) is 14.2 Å². The smallest absolute Gasteiger partial charge is 0.244 e. The number of nitrogens with one attached hydrogen (secondary N) is 1. The Morgan fingerprint density at radius 2 is 1.90 bits per heavy atom. The molecule has 0 saturated carbocycles. The monoisotopic (exact) mass is 315 g/mol. The standard InChI is InChI=1S/C15H29N3O2S/c1-12(2)18-10-14(8-13(18)9-16-6)21(19,20)17(7)11-15(3,4)5/h8,10,12,16H,9,11H2,1-7H3. The van der Waals surface area contributed by atoms with E-state index in [0.717, 1.165) is 5.69 Å². The molecule has 0 aromatic carbocycles. The fraction of sp³-hybridized carbons (Fsp3) is 0.733. The molecule has 1 heterocycles. The SMILES string of the molecule is CNCc1cc(S(=O)(=O)N(C)CC(C)(C)C)cn1C(C)C. The molecule has 0 aliphatic rings. The van der Waals surface area contributed by atoms with Crippen LogP contribution < -0.4 is 5.32 Å². The highest BCUT2D eigenvalue weighted by Crippen LogP contribution is 2.24. The molecule has 5 nitrogen and oxygen atoms in total. The zero-order valence-corrected chi connectivity index (χ0v) is 15.1. The van der Waals surface area contributed by atoms with Crippen LogP contribution in [0.25, 0.3) is 0 Å². The Labute approximate surface area is 129 Å². The van der Waals surface area contributed by atoms with Gasteiger partial charge in [-0.2, -0.15) is 0 Å². The molecule has 1 rings (SSSR count). The fourth-order valence-electron chi connectivity index (χ4n) is 2.37. The van der Waals surface area contributed by atoms with Crippen LogP contribution in [0.1, 0.15) is 46.4 Å². The summed E-state index contributed by atoms with van der Waals surface area (Å²) in [5.74, 6) is 0. The van der Waals surface area contributed by atoms with Gasteiger partial charge in [-0.05, 0) is 32.4 Å². The molecule has 0 aliphatic carbocycles. The van der Waals surface area contributed by atoms with Crippen LogP contribution >= 0.6 is 0 Å². The molecule has 0 spiro atoms. The fourth-order valence-corrected chi connectivity index (χ4v) is 3.82. The third-order valence-electron chi connectivity index (χ3n) is 3.23. The summed E-state index contributed by atoms with van der Waals surface area (Å²) in [5, 5.41) is 3.08. The Morgan fingerprint density at radius 3 is 2.33 bits per heavy atom. The van der Waals surface area contributed by atoms with Crippen LogP contribution in [0.3, 0.4) is 0 Å². The molecule has 0 unspecified atom stereocenters. The van der Waals surface area contributed by atoms with Gasteiger partial charge < -0.3 is 9.88 Å². The van der Waals surface area contributed by atoms with Crippen LogP contribution in [0.5, 0.6) is 0 Å². The van der Waals surface area contributed by atoms with Crippen molar-refractivity contribution in [3.05, 3.63) is 18.0 Å². The van der Waals surface area contributed by atoms with E-state index in [1.165, 1.54) is 4.31 Å². The normalized spacial score (nSPS) is 13.4. The van der Waals surface area contributed by atoms with Crippen LogP contribution in [0, 0.1) is 5.41 Å². The van der Waals surface area contributed by atoms with E-state index in [2.05, 4.69) is 19.2 Å². The van der Waals surface area contributed by atoms with E-state index in [1.54, 1.807) is 19.3 Å². The predicted molar refractivity (Wildman–Crippen MR) is 86.9 cm³/mol. The van der Waals surface area contributed by atoms with Gasteiger partial charge in [-0.25, -0.2) is 12.7 Å². The van der Waals surface area contributed by atoms with Gasteiger partial charge in [0.25, 0.3) is 0 Å². The minimum Gasteiger partial charge on any atom is -0.346 e. The molecule has 0 atom stereocenters. The maximum absolute atomic E-state index is 12.7. The highest BCUT2D eigenvalue weighted by molar-refractivity contribution is 7.89. The van der Waals surface area contributed by atoms with Crippen LogP contribution in [-0.4, -0.2) is 37.9 Å². The molecule has 0 saturated heterocycles. The molecule has 1 aromatic heterocycles. The van der Waals surface area contributed by atoms with Crippen molar-refractivity contribution in [3.8, 4) is 0 Å². The number of sulfonamides is 1. The van der Waals surface area contributed by atoms with Gasteiger partial charge in [-0.15, -0.1) is 0 Å². The van der Waals surface area contributed by atoms with E-state index in [9.17, 15) is 8.42 Å². The van der Waals surface area contributed by atoms with E-state index in [0.29, 0.717) is 18.0 Å². The Morgan fingerprint density at radius 1 is 1.33 bits per heavy atom. The van der Waals surface area contributed by atoms with E-state index in [4.69, 9.17) is 0 Å². The number of aromatic nitrogens is 1. The maximum Gasteiger partial charge on any atom is 0.244 e. The Bertz CT molecular complexity index is 568.